The predicted octanol–water partition coefficient (Wildman–Crippen LogP) is -0.608. The van der Waals surface area contributed by atoms with Gasteiger partial charge in [-0.15, -0.1) is 0 Å². The Hall–Kier alpha value is -3.40. The second-order valence-electron chi connectivity index (χ2n) is 7.34. The van der Waals surface area contributed by atoms with Crippen LogP contribution < -0.4 is 21.7 Å². The van der Waals surface area contributed by atoms with Crippen molar-refractivity contribution in [2.45, 2.75) is 43.8 Å². The van der Waals surface area contributed by atoms with Crippen LogP contribution in [0.5, 0.6) is 0 Å². The van der Waals surface area contributed by atoms with Crippen LogP contribution in [0, 0.1) is 0 Å². The Labute approximate surface area is 172 Å². The van der Waals surface area contributed by atoms with E-state index in [1.54, 1.807) is 6.20 Å². The normalized spacial score (nSPS) is 17.9. The van der Waals surface area contributed by atoms with Gasteiger partial charge in [-0.2, -0.15) is 0 Å². The molecule has 30 heavy (non-hydrogen) atoms. The number of carboxylic acid groups (broad SMARTS) is 1. The first kappa shape index (κ1) is 21.3. The van der Waals surface area contributed by atoms with Gasteiger partial charge >= 0.3 is 5.97 Å². The molecular formula is C20H25N5O5. The fourth-order valence-corrected chi connectivity index (χ4v) is 3.58. The quantitative estimate of drug-likeness (QED) is 0.320. The van der Waals surface area contributed by atoms with Crippen molar-refractivity contribution in [2.75, 3.05) is 6.54 Å². The number of amides is 3. The lowest BCUT2D eigenvalue weighted by molar-refractivity contribution is -0.142. The molecule has 2 aromatic rings. The van der Waals surface area contributed by atoms with Crippen molar-refractivity contribution in [1.82, 2.24) is 20.9 Å². The summed E-state index contributed by atoms with van der Waals surface area (Å²) in [4.78, 5) is 51.3. The number of aromatic amines is 1. The van der Waals surface area contributed by atoms with Gasteiger partial charge in [-0.25, -0.2) is 4.79 Å². The summed E-state index contributed by atoms with van der Waals surface area (Å²) in [5.41, 5.74) is 6.80. The van der Waals surface area contributed by atoms with E-state index >= 15 is 0 Å². The second kappa shape index (κ2) is 9.40. The van der Waals surface area contributed by atoms with Gasteiger partial charge in [0.05, 0.1) is 12.5 Å². The van der Waals surface area contributed by atoms with Gasteiger partial charge in [0.1, 0.15) is 12.1 Å². The third-order valence-corrected chi connectivity index (χ3v) is 5.13. The number of H-pyrrole nitrogens is 1. The maximum absolute atomic E-state index is 12.7. The van der Waals surface area contributed by atoms with E-state index in [2.05, 4.69) is 20.9 Å². The molecule has 2 heterocycles. The van der Waals surface area contributed by atoms with Gasteiger partial charge < -0.3 is 31.8 Å². The number of carbonyl (C=O) groups excluding carboxylic acids is 3. The molecule has 1 saturated heterocycles. The molecular weight excluding hydrogens is 390 g/mol. The summed E-state index contributed by atoms with van der Waals surface area (Å²) in [6.07, 6.45) is 2.75. The molecule has 1 aliphatic heterocycles. The lowest BCUT2D eigenvalue weighted by atomic mass is 10.0. The molecule has 10 heteroatoms. The first-order chi connectivity index (χ1) is 14.3. The molecule has 160 valence electrons. The zero-order valence-electron chi connectivity index (χ0n) is 16.3. The summed E-state index contributed by atoms with van der Waals surface area (Å²) in [5, 5.41) is 18.4. The zero-order chi connectivity index (χ0) is 21.7. The van der Waals surface area contributed by atoms with Crippen LogP contribution in [0.2, 0.25) is 0 Å². The molecule has 0 radical (unpaired) electrons. The Morgan fingerprint density at radius 1 is 1.17 bits per heavy atom. The van der Waals surface area contributed by atoms with Crippen LogP contribution in [0.4, 0.5) is 0 Å². The first-order valence-electron chi connectivity index (χ1n) is 9.75. The van der Waals surface area contributed by atoms with E-state index in [1.807, 2.05) is 24.3 Å². The number of benzene rings is 1. The van der Waals surface area contributed by atoms with Crippen LogP contribution in [0.1, 0.15) is 24.8 Å². The molecule has 3 rings (SSSR count). The van der Waals surface area contributed by atoms with Crippen molar-refractivity contribution in [1.29, 1.82) is 0 Å². The van der Waals surface area contributed by atoms with E-state index in [0.29, 0.717) is 13.0 Å². The number of carbonyl (C=O) groups is 4. The summed E-state index contributed by atoms with van der Waals surface area (Å²) >= 11 is 0. The molecule has 0 aliphatic carbocycles. The highest BCUT2D eigenvalue weighted by Crippen LogP contribution is 2.19. The topological polar surface area (TPSA) is 166 Å². The van der Waals surface area contributed by atoms with Crippen molar-refractivity contribution in [3.63, 3.8) is 0 Å². The Balaban J connectivity index is 1.71. The number of carboxylic acids is 1. The first-order valence-corrected chi connectivity index (χ1v) is 9.75. The molecule has 1 fully saturated rings. The minimum Gasteiger partial charge on any atom is -0.480 e. The van der Waals surface area contributed by atoms with Gasteiger partial charge in [0.25, 0.3) is 0 Å². The monoisotopic (exact) mass is 415 g/mol. The SMILES string of the molecule is NC(=O)C[C@H](NC(=O)[C@@H]1CCCN1)C(=O)N[C@@H](Cc1c[nH]c2ccccc12)C(=O)O. The lowest BCUT2D eigenvalue weighted by Crippen LogP contribution is -2.55. The van der Waals surface area contributed by atoms with Gasteiger partial charge in [0.15, 0.2) is 0 Å². The van der Waals surface area contributed by atoms with Crippen LogP contribution in [-0.4, -0.2) is 58.5 Å². The maximum atomic E-state index is 12.7. The number of rotatable bonds is 9. The minimum absolute atomic E-state index is 0.0342. The standard InChI is InChI=1S/C20H25N5O5/c21-17(26)9-15(24-18(27)14-6-3-7-22-14)19(28)25-16(20(29)30)8-11-10-23-13-5-2-1-4-12(11)13/h1-2,4-5,10,14-16,22-23H,3,6-9H2,(H2,21,26)(H,24,27)(H,25,28)(H,29,30)/t14-,15-,16-/m0/s1. The van der Waals surface area contributed by atoms with Crippen LogP contribution in [0.15, 0.2) is 30.5 Å². The van der Waals surface area contributed by atoms with E-state index < -0.39 is 48.2 Å². The number of hydrogen-bond acceptors (Lipinski definition) is 5. The molecule has 3 amide bonds. The summed E-state index contributed by atoms with van der Waals surface area (Å²) < 4.78 is 0. The Morgan fingerprint density at radius 3 is 2.60 bits per heavy atom. The Morgan fingerprint density at radius 2 is 1.93 bits per heavy atom. The largest absolute Gasteiger partial charge is 0.480 e. The number of para-hydroxylation sites is 1. The molecule has 7 N–H and O–H groups in total. The number of nitrogens with two attached hydrogens (primary N) is 1. The number of hydrogen-bond donors (Lipinski definition) is 6. The summed E-state index contributed by atoms with van der Waals surface area (Å²) in [5.74, 6) is -3.20. The van der Waals surface area contributed by atoms with Crippen LogP contribution in [0.3, 0.4) is 0 Å². The second-order valence-corrected chi connectivity index (χ2v) is 7.34. The minimum atomic E-state index is -1.25. The van der Waals surface area contributed by atoms with E-state index in [-0.39, 0.29) is 6.42 Å². The third kappa shape index (κ3) is 5.15. The van der Waals surface area contributed by atoms with Gasteiger partial charge in [-0.3, -0.25) is 14.4 Å². The molecule has 1 aliphatic rings. The third-order valence-electron chi connectivity index (χ3n) is 5.13. The van der Waals surface area contributed by atoms with Crippen molar-refractivity contribution in [3.05, 3.63) is 36.0 Å². The van der Waals surface area contributed by atoms with Crippen LogP contribution >= 0.6 is 0 Å². The molecule has 1 aromatic heterocycles. The summed E-state index contributed by atoms with van der Waals surface area (Å²) in [6.45, 7) is 0.691. The highest BCUT2D eigenvalue weighted by molar-refractivity contribution is 5.95. The highest BCUT2D eigenvalue weighted by Gasteiger charge is 2.31. The highest BCUT2D eigenvalue weighted by atomic mass is 16.4. The zero-order valence-corrected chi connectivity index (χ0v) is 16.3. The van der Waals surface area contributed by atoms with E-state index in [4.69, 9.17) is 5.73 Å². The van der Waals surface area contributed by atoms with E-state index in [9.17, 15) is 24.3 Å². The molecule has 10 nitrogen and oxygen atoms in total. The van der Waals surface area contributed by atoms with Crippen LogP contribution in [0.25, 0.3) is 10.9 Å². The number of fused-ring (bicyclic) bond motifs is 1. The average Bonchev–Trinajstić information content (AvgIpc) is 3.37. The fraction of sp³-hybridized carbons (Fsp3) is 0.400. The lowest BCUT2D eigenvalue weighted by Gasteiger charge is -2.22. The average molecular weight is 415 g/mol. The number of aromatic nitrogens is 1. The molecule has 0 unspecified atom stereocenters. The van der Waals surface area contributed by atoms with Gasteiger partial charge in [0.2, 0.25) is 17.7 Å². The number of aliphatic carboxylic acids is 1. The molecule has 0 saturated carbocycles. The van der Waals surface area contributed by atoms with Crippen molar-refractivity contribution < 1.29 is 24.3 Å². The predicted molar refractivity (Wildman–Crippen MR) is 108 cm³/mol. The van der Waals surface area contributed by atoms with Gasteiger partial charge in [-0.05, 0) is 31.0 Å². The molecule has 0 spiro atoms. The Bertz CT molecular complexity index is 950. The molecule has 1 aromatic carbocycles. The van der Waals surface area contributed by atoms with E-state index in [0.717, 1.165) is 22.9 Å². The molecule has 0 bridgehead atoms. The Kier molecular flexibility index (Phi) is 6.68. The van der Waals surface area contributed by atoms with Gasteiger partial charge in [-0.1, -0.05) is 18.2 Å². The van der Waals surface area contributed by atoms with Gasteiger partial charge in [0, 0.05) is 23.5 Å². The summed E-state index contributed by atoms with van der Waals surface area (Å²) in [6, 6.07) is 4.47. The van der Waals surface area contributed by atoms with Crippen LogP contribution in [-0.2, 0) is 25.6 Å². The smallest absolute Gasteiger partial charge is 0.326 e. The van der Waals surface area contributed by atoms with Crippen molar-refractivity contribution >= 4 is 34.6 Å². The molecule has 3 atom stereocenters. The number of primary amides is 1. The fourth-order valence-electron chi connectivity index (χ4n) is 3.58. The van der Waals surface area contributed by atoms with Crippen molar-refractivity contribution in [2.24, 2.45) is 5.73 Å². The van der Waals surface area contributed by atoms with Crippen molar-refractivity contribution in [3.8, 4) is 0 Å². The van der Waals surface area contributed by atoms with E-state index in [1.165, 1.54) is 0 Å². The summed E-state index contributed by atoms with van der Waals surface area (Å²) in [7, 11) is 0. The number of nitrogens with one attached hydrogen (secondary N) is 4. The maximum Gasteiger partial charge on any atom is 0.326 e.